The second-order valence-corrected chi connectivity index (χ2v) is 19.0. The van der Waals surface area contributed by atoms with E-state index in [9.17, 15) is 5.11 Å². The fourth-order valence-electron chi connectivity index (χ4n) is 11.4. The van der Waals surface area contributed by atoms with E-state index in [2.05, 4.69) is 27.4 Å². The van der Waals surface area contributed by atoms with Gasteiger partial charge in [-0.15, -0.1) is 0 Å². The second-order valence-electron chi connectivity index (χ2n) is 19.0. The standard InChI is InChI=1S/C62H55N5O9/c1-73-49-28-19-41(20-29-49)17-18-42-21-32-52-51(39-42)62(60(71)66(52)61(72)63-40-43-11-5-2-6-12-43)53(58(69)64-47-24-26-48(27-25-47)65-33-36-74-37-34-65)55-59(70)76-56(45-15-9-4-10-16-45)54(44-13-7-3-8-14-44)67(55)57(62)46-22-30-50(31-23-46)75-38-35-68/h2-16,19-32,39,53-57,68H,33-38,40H2,1H3,(H,63,72)(H,64,69)/t53-,54-,55-,56+,57+,62-/m1/s1. The van der Waals surface area contributed by atoms with Crippen molar-refractivity contribution in [1.82, 2.24) is 10.2 Å². The van der Waals surface area contributed by atoms with E-state index in [1.54, 1.807) is 37.4 Å². The molecule has 11 rings (SSSR count). The lowest BCUT2D eigenvalue weighted by Gasteiger charge is -2.46. The molecule has 4 aliphatic rings. The van der Waals surface area contributed by atoms with Gasteiger partial charge in [-0.25, -0.2) is 9.69 Å². The predicted octanol–water partition coefficient (Wildman–Crippen LogP) is 8.52. The highest BCUT2D eigenvalue weighted by Crippen LogP contribution is 2.66. The Balaban J connectivity index is 1.15. The highest BCUT2D eigenvalue weighted by molar-refractivity contribution is 6.25. The number of fused-ring (bicyclic) bond motifs is 3. The number of cyclic esters (lactones) is 1. The zero-order chi connectivity index (χ0) is 52.2. The van der Waals surface area contributed by atoms with Crippen LogP contribution in [-0.4, -0.2) is 86.5 Å². The maximum absolute atomic E-state index is 16.8. The third-order valence-corrected chi connectivity index (χ3v) is 14.7. The molecule has 14 nitrogen and oxygen atoms in total. The van der Waals surface area contributed by atoms with Crippen LogP contribution < -0.4 is 29.9 Å². The lowest BCUT2D eigenvalue weighted by Crippen LogP contribution is -2.55. The van der Waals surface area contributed by atoms with Crippen molar-refractivity contribution in [2.75, 3.05) is 61.7 Å². The third kappa shape index (κ3) is 9.30. The zero-order valence-corrected chi connectivity index (χ0v) is 41.7. The van der Waals surface area contributed by atoms with E-state index in [0.717, 1.165) is 21.7 Å². The van der Waals surface area contributed by atoms with Gasteiger partial charge < -0.3 is 39.6 Å². The van der Waals surface area contributed by atoms with E-state index >= 15 is 19.2 Å². The molecule has 0 radical (unpaired) electrons. The van der Waals surface area contributed by atoms with Crippen molar-refractivity contribution in [2.45, 2.75) is 36.2 Å². The number of urea groups is 1. The first-order chi connectivity index (χ1) is 37.3. The van der Waals surface area contributed by atoms with Crippen LogP contribution in [0.2, 0.25) is 0 Å². The molecule has 3 saturated heterocycles. The molecule has 0 aliphatic carbocycles. The molecule has 14 heteroatoms. The fourth-order valence-corrected chi connectivity index (χ4v) is 11.4. The highest BCUT2D eigenvalue weighted by Gasteiger charge is 2.75. The van der Waals surface area contributed by atoms with Crippen LogP contribution in [0.1, 0.15) is 57.1 Å². The Morgan fingerprint density at radius 1 is 0.711 bits per heavy atom. The maximum Gasteiger partial charge on any atom is 0.329 e. The van der Waals surface area contributed by atoms with Crippen molar-refractivity contribution >= 4 is 40.9 Å². The first-order valence-electron chi connectivity index (χ1n) is 25.4. The van der Waals surface area contributed by atoms with Crippen molar-refractivity contribution in [3.8, 4) is 23.3 Å². The summed E-state index contributed by atoms with van der Waals surface area (Å²) in [5.74, 6) is 4.05. The van der Waals surface area contributed by atoms with Crippen LogP contribution in [0.3, 0.4) is 0 Å². The van der Waals surface area contributed by atoms with Crippen molar-refractivity contribution in [3.63, 3.8) is 0 Å². The van der Waals surface area contributed by atoms with Gasteiger partial charge in [-0.05, 0) is 107 Å². The number of carbonyl (C=O) groups is 4. The number of hydrogen-bond acceptors (Lipinski definition) is 11. The van der Waals surface area contributed by atoms with Gasteiger partial charge in [0, 0.05) is 42.1 Å². The molecule has 382 valence electrons. The average molecular weight is 1010 g/mol. The molecule has 3 N–H and O–H groups in total. The molecule has 6 atom stereocenters. The number of aliphatic hydroxyl groups is 1. The number of imide groups is 1. The minimum Gasteiger partial charge on any atom is -0.497 e. The number of methoxy groups -OCH3 is 1. The Hall–Kier alpha value is -8.74. The second kappa shape index (κ2) is 21.6. The van der Waals surface area contributed by atoms with E-state index in [1.165, 1.54) is 0 Å². The van der Waals surface area contributed by atoms with Gasteiger partial charge in [0.2, 0.25) is 11.8 Å². The minimum absolute atomic E-state index is 0.0382. The predicted molar refractivity (Wildman–Crippen MR) is 287 cm³/mol. The molecule has 4 aliphatic heterocycles. The molecule has 0 saturated carbocycles. The number of morpholine rings is 2. The summed E-state index contributed by atoms with van der Waals surface area (Å²) in [6, 6.07) is 51.5. The molecule has 7 aromatic rings. The summed E-state index contributed by atoms with van der Waals surface area (Å²) in [7, 11) is 1.59. The normalized spacial score (nSPS) is 21.7. The molecule has 4 amide bonds. The Morgan fingerprint density at radius 3 is 2.01 bits per heavy atom. The van der Waals surface area contributed by atoms with Crippen molar-refractivity contribution in [2.24, 2.45) is 5.92 Å². The number of aliphatic hydroxyl groups excluding tert-OH is 1. The van der Waals surface area contributed by atoms with Crippen molar-refractivity contribution < 1.29 is 43.2 Å². The van der Waals surface area contributed by atoms with Crippen LogP contribution in [0.5, 0.6) is 11.5 Å². The van der Waals surface area contributed by atoms with Crippen molar-refractivity contribution in [3.05, 3.63) is 221 Å². The molecule has 0 unspecified atom stereocenters. The number of benzene rings is 7. The van der Waals surface area contributed by atoms with Gasteiger partial charge in [0.25, 0.3) is 0 Å². The quantitative estimate of drug-likeness (QED) is 0.0796. The Morgan fingerprint density at radius 2 is 1.34 bits per heavy atom. The summed E-state index contributed by atoms with van der Waals surface area (Å²) in [6.45, 7) is 2.53. The van der Waals surface area contributed by atoms with E-state index in [1.807, 2.05) is 157 Å². The van der Waals surface area contributed by atoms with E-state index in [0.29, 0.717) is 71.3 Å². The number of hydrogen-bond donors (Lipinski definition) is 3. The molecule has 4 heterocycles. The maximum atomic E-state index is 16.8. The molecule has 0 aromatic heterocycles. The summed E-state index contributed by atoms with van der Waals surface area (Å²) in [5.41, 5.74) is 3.92. The van der Waals surface area contributed by atoms with Crippen molar-refractivity contribution in [1.29, 1.82) is 0 Å². The molecular weight excluding hydrogens is 959 g/mol. The molecule has 0 bridgehead atoms. The summed E-state index contributed by atoms with van der Waals surface area (Å²) >= 11 is 0. The van der Waals surface area contributed by atoms with Gasteiger partial charge >= 0.3 is 12.0 Å². The van der Waals surface area contributed by atoms with Gasteiger partial charge in [-0.2, -0.15) is 0 Å². The minimum atomic E-state index is -2.04. The number of carbonyl (C=O) groups excluding carboxylic acids is 4. The third-order valence-electron chi connectivity index (χ3n) is 14.7. The highest BCUT2D eigenvalue weighted by atomic mass is 16.6. The Bertz CT molecular complexity index is 3290. The van der Waals surface area contributed by atoms with E-state index < -0.39 is 59.4 Å². The van der Waals surface area contributed by atoms with Crippen LogP contribution in [0, 0.1) is 17.8 Å². The number of nitrogens with zero attached hydrogens (tertiary/aromatic N) is 3. The summed E-state index contributed by atoms with van der Waals surface area (Å²) in [4.78, 5) is 69.0. The van der Waals surface area contributed by atoms with Gasteiger partial charge in [-0.3, -0.25) is 19.3 Å². The molecule has 1 spiro atoms. The van der Waals surface area contributed by atoms with Gasteiger partial charge in [0.05, 0.1) is 50.6 Å². The number of esters is 1. The monoisotopic (exact) mass is 1010 g/mol. The molecular formula is C62H55N5O9. The topological polar surface area (TPSA) is 159 Å². The smallest absolute Gasteiger partial charge is 0.329 e. The lowest BCUT2D eigenvalue weighted by atomic mass is 9.65. The molecule has 3 fully saturated rings. The Labute approximate surface area is 440 Å². The van der Waals surface area contributed by atoms with E-state index in [4.69, 9.17) is 18.9 Å². The summed E-state index contributed by atoms with van der Waals surface area (Å²) in [5, 5.41) is 15.9. The van der Waals surface area contributed by atoms with E-state index in [-0.39, 0.29) is 25.4 Å². The number of rotatable bonds is 12. The fraction of sp³-hybridized carbons (Fsp3) is 0.226. The van der Waals surface area contributed by atoms with Crippen LogP contribution in [0.25, 0.3) is 0 Å². The first-order valence-corrected chi connectivity index (χ1v) is 25.4. The largest absolute Gasteiger partial charge is 0.497 e. The number of ether oxygens (including phenoxy) is 4. The van der Waals surface area contributed by atoms with Gasteiger partial charge in [0.15, 0.2) is 0 Å². The summed E-state index contributed by atoms with van der Waals surface area (Å²) in [6.07, 6.45) is -0.920. The zero-order valence-electron chi connectivity index (χ0n) is 41.7. The average Bonchev–Trinajstić information content (AvgIpc) is 3.90. The number of nitrogens with one attached hydrogen (secondary N) is 2. The van der Waals surface area contributed by atoms with Crippen LogP contribution in [-0.2, 0) is 35.8 Å². The van der Waals surface area contributed by atoms with Gasteiger partial charge in [-0.1, -0.05) is 115 Å². The van der Waals surface area contributed by atoms with Crippen LogP contribution in [0.4, 0.5) is 21.9 Å². The number of anilines is 3. The first kappa shape index (κ1) is 49.5. The van der Waals surface area contributed by atoms with Gasteiger partial charge in [0.1, 0.15) is 35.7 Å². The van der Waals surface area contributed by atoms with Crippen LogP contribution in [0.15, 0.2) is 182 Å². The SMILES string of the molecule is COc1ccc(C#Cc2ccc3c(c2)[C@]2(C(=O)N3C(=O)NCc3ccccc3)[C@H](c3ccc(OCCO)cc3)N3[C@H](c4ccccc4)[C@H](c4ccccc4)OC(=O)[C@H]3[C@@H]2C(=O)Nc2ccc(N3CCOCC3)cc2)cc1. The summed E-state index contributed by atoms with van der Waals surface area (Å²) < 4.78 is 23.5. The molecule has 76 heavy (non-hydrogen) atoms. The lowest BCUT2D eigenvalue weighted by molar-refractivity contribution is -0.177. The Kier molecular flexibility index (Phi) is 14.1. The molecule has 7 aromatic carbocycles. The van der Waals surface area contributed by atoms with Crippen LogP contribution >= 0.6 is 0 Å². The number of amides is 4.